The second-order valence-electron chi connectivity index (χ2n) is 5.34. The Labute approximate surface area is 132 Å². The second-order valence-corrected chi connectivity index (χ2v) is 5.34. The van der Waals surface area contributed by atoms with Crippen LogP contribution in [-0.2, 0) is 14.3 Å². The number of hydrogen-bond donors (Lipinski definition) is 1. The average molecular weight is 323 g/mol. The van der Waals surface area contributed by atoms with E-state index in [2.05, 4.69) is 15.0 Å². The Morgan fingerprint density at radius 1 is 1.39 bits per heavy atom. The summed E-state index contributed by atoms with van der Waals surface area (Å²) in [4.78, 5) is 37.1. The van der Waals surface area contributed by atoms with Crippen molar-refractivity contribution in [2.24, 2.45) is 0 Å². The van der Waals surface area contributed by atoms with Crippen molar-refractivity contribution in [1.29, 1.82) is 0 Å². The van der Waals surface area contributed by atoms with Gasteiger partial charge in [-0.15, -0.1) is 0 Å². The summed E-state index contributed by atoms with van der Waals surface area (Å²) in [5.41, 5.74) is -1.14. The van der Waals surface area contributed by atoms with Gasteiger partial charge in [0.25, 0.3) is 0 Å². The van der Waals surface area contributed by atoms with Crippen LogP contribution in [0.5, 0.6) is 0 Å². The number of rotatable bonds is 4. The van der Waals surface area contributed by atoms with Crippen molar-refractivity contribution >= 4 is 29.6 Å². The Hall–Kier alpha value is -2.97. The lowest BCUT2D eigenvalue weighted by molar-refractivity contribution is -0.384. The number of carbonyl (C=O) groups excluding carboxylic acids is 2. The van der Waals surface area contributed by atoms with Crippen molar-refractivity contribution in [1.82, 2.24) is 4.98 Å². The number of pyridine rings is 1. The summed E-state index contributed by atoms with van der Waals surface area (Å²) < 4.78 is 9.45. The van der Waals surface area contributed by atoms with Gasteiger partial charge in [0.05, 0.1) is 17.6 Å². The number of carbonyl (C=O) groups is 2. The molecule has 0 saturated carbocycles. The molecule has 1 rings (SSSR count). The average Bonchev–Trinajstić information content (AvgIpc) is 2.42. The number of anilines is 1. The maximum absolute atomic E-state index is 11.7. The standard InChI is InChI=1S/C14H17N3O6/c1-14(2,3)23-13(19)16-12-11(17(20)21)9(7-8-15-12)5-6-10(18)22-4/h5-8H,1-4H3,(H,15,16,19). The number of nitrogens with zero attached hydrogens (tertiary/aromatic N) is 2. The summed E-state index contributed by atoms with van der Waals surface area (Å²) in [7, 11) is 1.18. The molecule has 1 aromatic heterocycles. The normalized spacial score (nSPS) is 11.1. The van der Waals surface area contributed by atoms with Crippen molar-refractivity contribution in [2.45, 2.75) is 26.4 Å². The highest BCUT2D eigenvalue weighted by Crippen LogP contribution is 2.27. The topological polar surface area (TPSA) is 121 Å². The summed E-state index contributed by atoms with van der Waals surface area (Å²) in [5.74, 6) is -0.950. The molecule has 0 unspecified atom stereocenters. The number of nitro groups is 1. The van der Waals surface area contributed by atoms with Gasteiger partial charge < -0.3 is 9.47 Å². The lowest BCUT2D eigenvalue weighted by Gasteiger charge is -2.19. The molecule has 0 atom stereocenters. The molecule has 0 saturated heterocycles. The molecule has 0 aliphatic heterocycles. The van der Waals surface area contributed by atoms with Crippen molar-refractivity contribution in [3.8, 4) is 0 Å². The monoisotopic (exact) mass is 323 g/mol. The van der Waals surface area contributed by atoms with Gasteiger partial charge in [-0.05, 0) is 32.9 Å². The van der Waals surface area contributed by atoms with Crippen LogP contribution in [0.4, 0.5) is 16.3 Å². The molecule has 0 fully saturated rings. The predicted molar refractivity (Wildman–Crippen MR) is 81.8 cm³/mol. The number of amides is 1. The molecule has 23 heavy (non-hydrogen) atoms. The molecule has 9 nitrogen and oxygen atoms in total. The highest BCUT2D eigenvalue weighted by Gasteiger charge is 2.24. The third-order valence-electron chi connectivity index (χ3n) is 2.36. The van der Waals surface area contributed by atoms with E-state index in [1.54, 1.807) is 20.8 Å². The van der Waals surface area contributed by atoms with Gasteiger partial charge in [-0.25, -0.2) is 14.6 Å². The molecule has 9 heteroatoms. The van der Waals surface area contributed by atoms with E-state index < -0.39 is 28.3 Å². The Morgan fingerprint density at radius 2 is 2.04 bits per heavy atom. The molecule has 1 heterocycles. The first-order chi connectivity index (χ1) is 10.6. The zero-order valence-corrected chi connectivity index (χ0v) is 13.2. The van der Waals surface area contributed by atoms with Gasteiger partial charge in [-0.3, -0.25) is 15.4 Å². The maximum Gasteiger partial charge on any atom is 0.413 e. The largest absolute Gasteiger partial charge is 0.466 e. The first-order valence-electron chi connectivity index (χ1n) is 6.53. The van der Waals surface area contributed by atoms with E-state index in [4.69, 9.17) is 4.74 Å². The van der Waals surface area contributed by atoms with Gasteiger partial charge in [-0.1, -0.05) is 0 Å². The smallest absolute Gasteiger partial charge is 0.413 e. The zero-order chi connectivity index (χ0) is 17.6. The number of aromatic nitrogens is 1. The minimum Gasteiger partial charge on any atom is -0.466 e. The van der Waals surface area contributed by atoms with E-state index in [1.807, 2.05) is 0 Å². The number of methoxy groups -OCH3 is 1. The maximum atomic E-state index is 11.7. The van der Waals surface area contributed by atoms with Crippen molar-refractivity contribution in [3.05, 3.63) is 34.0 Å². The third kappa shape index (κ3) is 5.73. The van der Waals surface area contributed by atoms with E-state index in [1.165, 1.54) is 25.4 Å². The fraction of sp³-hybridized carbons (Fsp3) is 0.357. The van der Waals surface area contributed by atoms with Gasteiger partial charge in [0.15, 0.2) is 0 Å². The fourth-order valence-electron chi connectivity index (χ4n) is 1.51. The van der Waals surface area contributed by atoms with Crippen LogP contribution in [0.3, 0.4) is 0 Å². The highest BCUT2D eigenvalue weighted by molar-refractivity contribution is 5.91. The second kappa shape index (κ2) is 7.34. The summed E-state index contributed by atoms with van der Waals surface area (Å²) >= 11 is 0. The highest BCUT2D eigenvalue weighted by atomic mass is 16.6. The number of hydrogen-bond acceptors (Lipinski definition) is 7. The molecule has 0 radical (unpaired) electrons. The van der Waals surface area contributed by atoms with Gasteiger partial charge >= 0.3 is 17.7 Å². The van der Waals surface area contributed by atoms with Gasteiger partial charge in [0.2, 0.25) is 5.82 Å². The lowest BCUT2D eigenvalue weighted by atomic mass is 10.2. The first kappa shape index (κ1) is 18.1. The molecule has 0 aliphatic carbocycles. The lowest BCUT2D eigenvalue weighted by Crippen LogP contribution is -2.27. The Kier molecular flexibility index (Phi) is 5.77. The zero-order valence-electron chi connectivity index (χ0n) is 13.2. The number of ether oxygens (including phenoxy) is 2. The molecular formula is C14H17N3O6. The Morgan fingerprint density at radius 3 is 2.57 bits per heavy atom. The SMILES string of the molecule is COC(=O)C=Cc1ccnc(NC(=O)OC(C)(C)C)c1[N+](=O)[O-]. The van der Waals surface area contributed by atoms with Gasteiger partial charge in [0, 0.05) is 12.3 Å². The van der Waals surface area contributed by atoms with Crippen LogP contribution in [0.15, 0.2) is 18.3 Å². The summed E-state index contributed by atoms with van der Waals surface area (Å²) in [6, 6.07) is 1.33. The number of esters is 1. The van der Waals surface area contributed by atoms with Gasteiger partial charge in [-0.2, -0.15) is 0 Å². The van der Waals surface area contributed by atoms with Crippen molar-refractivity contribution in [2.75, 3.05) is 12.4 Å². The van der Waals surface area contributed by atoms with Crippen LogP contribution < -0.4 is 5.32 Å². The molecule has 0 spiro atoms. The molecule has 124 valence electrons. The van der Waals surface area contributed by atoms with E-state index in [9.17, 15) is 19.7 Å². The van der Waals surface area contributed by atoms with E-state index in [-0.39, 0.29) is 11.4 Å². The number of nitrogens with one attached hydrogen (secondary N) is 1. The van der Waals surface area contributed by atoms with Crippen molar-refractivity contribution < 1.29 is 24.0 Å². The van der Waals surface area contributed by atoms with E-state index in [0.29, 0.717) is 0 Å². The predicted octanol–water partition coefficient (Wildman–Crippen LogP) is 2.52. The Balaban J connectivity index is 3.14. The molecule has 0 aromatic carbocycles. The third-order valence-corrected chi connectivity index (χ3v) is 2.36. The van der Waals surface area contributed by atoms with Crippen LogP contribution in [0.2, 0.25) is 0 Å². The van der Waals surface area contributed by atoms with Crippen LogP contribution in [0, 0.1) is 10.1 Å². The van der Waals surface area contributed by atoms with Crippen molar-refractivity contribution in [3.63, 3.8) is 0 Å². The molecule has 1 N–H and O–H groups in total. The summed E-state index contributed by atoms with van der Waals surface area (Å²) in [5, 5.41) is 13.5. The quantitative estimate of drug-likeness (QED) is 0.391. The minimum absolute atomic E-state index is 0.0847. The Bertz CT molecular complexity index is 648. The van der Waals surface area contributed by atoms with Gasteiger partial charge in [0.1, 0.15) is 5.60 Å². The van der Waals surface area contributed by atoms with E-state index in [0.717, 1.165) is 6.08 Å². The molecular weight excluding hydrogens is 306 g/mol. The molecule has 0 bridgehead atoms. The van der Waals surface area contributed by atoms with E-state index >= 15 is 0 Å². The van der Waals surface area contributed by atoms with Crippen LogP contribution in [-0.4, -0.2) is 34.7 Å². The fourth-order valence-corrected chi connectivity index (χ4v) is 1.51. The van der Waals surface area contributed by atoms with Crippen LogP contribution in [0.1, 0.15) is 26.3 Å². The van der Waals surface area contributed by atoms with Crippen LogP contribution in [0.25, 0.3) is 6.08 Å². The van der Waals surface area contributed by atoms with Crippen LogP contribution >= 0.6 is 0 Å². The molecule has 0 aliphatic rings. The molecule has 1 aromatic rings. The summed E-state index contributed by atoms with van der Waals surface area (Å²) in [6.45, 7) is 4.97. The summed E-state index contributed by atoms with van der Waals surface area (Å²) in [6.07, 6.45) is 2.62. The molecule has 1 amide bonds. The minimum atomic E-state index is -0.873. The first-order valence-corrected chi connectivity index (χ1v) is 6.53.